The molecule has 2 nitrogen and oxygen atoms in total. The quantitative estimate of drug-likeness (QED) is 0.503. The fourth-order valence-corrected chi connectivity index (χ4v) is 1.39. The molecule has 0 fully saturated rings. The largest absolute Gasteiger partial charge is 0.362 e. The van der Waals surface area contributed by atoms with E-state index in [2.05, 4.69) is 6.08 Å². The second kappa shape index (κ2) is 2.72. The van der Waals surface area contributed by atoms with Gasteiger partial charge in [0, 0.05) is 6.42 Å². The van der Waals surface area contributed by atoms with Crippen LogP contribution in [0.5, 0.6) is 0 Å². The number of allylic oxidation sites excluding steroid dienone is 2. The summed E-state index contributed by atoms with van der Waals surface area (Å²) in [7, 11) is 0. The van der Waals surface area contributed by atoms with Crippen LogP contribution in [0.1, 0.15) is 6.42 Å². The Morgan fingerprint density at radius 1 is 1.25 bits per heavy atom. The summed E-state index contributed by atoms with van der Waals surface area (Å²) in [6, 6.07) is 0. The maximum atomic E-state index is 10.8. The van der Waals surface area contributed by atoms with E-state index in [4.69, 9.17) is 4.74 Å². The zero-order valence-electron chi connectivity index (χ0n) is 6.69. The van der Waals surface area contributed by atoms with Gasteiger partial charge in [-0.3, -0.25) is 4.79 Å². The van der Waals surface area contributed by atoms with Gasteiger partial charge in [-0.15, -0.1) is 0 Å². The lowest BCUT2D eigenvalue weighted by molar-refractivity contribution is -0.110. The summed E-state index contributed by atoms with van der Waals surface area (Å²) < 4.78 is 5.54. The minimum absolute atomic E-state index is 0.0405. The Kier molecular flexibility index (Phi) is 1.70. The second-order valence-electron chi connectivity index (χ2n) is 3.01. The van der Waals surface area contributed by atoms with Crippen LogP contribution in [-0.4, -0.2) is 18.0 Å². The number of carbonyl (C=O) groups is 1. The molecule has 0 saturated heterocycles. The van der Waals surface area contributed by atoms with Gasteiger partial charge in [0.25, 0.3) is 0 Å². The first-order chi connectivity index (χ1) is 5.81. The Morgan fingerprint density at radius 2 is 2.00 bits per heavy atom. The Hall–Kier alpha value is -1.15. The summed E-state index contributed by atoms with van der Waals surface area (Å²) in [4.78, 5) is 10.8. The summed E-state index contributed by atoms with van der Waals surface area (Å²) in [6.45, 7) is 0.628. The van der Waals surface area contributed by atoms with E-state index in [0.717, 1.165) is 6.42 Å². The maximum Gasteiger partial charge on any atom is 0.178 e. The topological polar surface area (TPSA) is 26.3 Å². The lowest BCUT2D eigenvalue weighted by Crippen LogP contribution is -2.31. The van der Waals surface area contributed by atoms with Gasteiger partial charge < -0.3 is 4.74 Å². The number of rotatable bonds is 0. The third-order valence-electron chi connectivity index (χ3n) is 2.11. The maximum absolute atomic E-state index is 10.8. The van der Waals surface area contributed by atoms with Gasteiger partial charge >= 0.3 is 0 Å². The van der Waals surface area contributed by atoms with Crippen LogP contribution in [0, 0.1) is 0 Å². The van der Waals surface area contributed by atoms with Gasteiger partial charge in [0.15, 0.2) is 5.78 Å². The van der Waals surface area contributed by atoms with Crippen molar-refractivity contribution in [2.24, 2.45) is 0 Å². The SMILES string of the molecule is O=C1C=CC2(C=C1)CC=CCO2. The molecule has 62 valence electrons. The van der Waals surface area contributed by atoms with Crippen molar-refractivity contribution in [3.05, 3.63) is 36.5 Å². The molecule has 0 N–H and O–H groups in total. The van der Waals surface area contributed by atoms with Crippen molar-refractivity contribution < 1.29 is 9.53 Å². The highest BCUT2D eigenvalue weighted by Gasteiger charge is 2.27. The molecule has 0 atom stereocenters. The van der Waals surface area contributed by atoms with E-state index < -0.39 is 0 Å². The van der Waals surface area contributed by atoms with Crippen LogP contribution in [0.2, 0.25) is 0 Å². The van der Waals surface area contributed by atoms with Crippen molar-refractivity contribution in [1.82, 2.24) is 0 Å². The molecule has 0 unspecified atom stereocenters. The molecule has 0 saturated carbocycles. The molecule has 2 aliphatic rings. The predicted octanol–water partition coefficient (Wildman–Crippen LogP) is 1.40. The predicted molar refractivity (Wildman–Crippen MR) is 45.7 cm³/mol. The van der Waals surface area contributed by atoms with E-state index in [1.165, 1.54) is 0 Å². The van der Waals surface area contributed by atoms with Crippen LogP contribution < -0.4 is 0 Å². The van der Waals surface area contributed by atoms with Crippen molar-refractivity contribution in [1.29, 1.82) is 0 Å². The number of hydrogen-bond donors (Lipinski definition) is 0. The molecule has 0 aromatic heterocycles. The van der Waals surface area contributed by atoms with Gasteiger partial charge in [0.2, 0.25) is 0 Å². The van der Waals surface area contributed by atoms with E-state index in [0.29, 0.717) is 6.61 Å². The summed E-state index contributed by atoms with van der Waals surface area (Å²) >= 11 is 0. The molecule has 1 aliphatic heterocycles. The normalized spacial score (nSPS) is 25.2. The van der Waals surface area contributed by atoms with Gasteiger partial charge in [0.05, 0.1) is 6.61 Å². The molecule has 0 aromatic rings. The van der Waals surface area contributed by atoms with Gasteiger partial charge in [-0.05, 0) is 24.3 Å². The van der Waals surface area contributed by atoms with E-state index in [9.17, 15) is 4.79 Å². The van der Waals surface area contributed by atoms with Gasteiger partial charge in [-0.2, -0.15) is 0 Å². The summed E-state index contributed by atoms with van der Waals surface area (Å²) in [5.74, 6) is 0.0405. The average Bonchev–Trinajstić information content (AvgIpc) is 2.13. The zero-order chi connectivity index (χ0) is 8.44. The van der Waals surface area contributed by atoms with Crippen LogP contribution >= 0.6 is 0 Å². The molecule has 1 spiro atoms. The summed E-state index contributed by atoms with van der Waals surface area (Å²) in [5.41, 5.74) is -0.331. The van der Waals surface area contributed by atoms with Crippen LogP contribution in [0.3, 0.4) is 0 Å². The molecule has 1 heterocycles. The van der Waals surface area contributed by atoms with Crippen LogP contribution in [0.15, 0.2) is 36.5 Å². The lowest BCUT2D eigenvalue weighted by Gasteiger charge is -2.30. The number of ketones is 1. The lowest BCUT2D eigenvalue weighted by atomic mass is 9.92. The molecule has 0 amide bonds. The minimum atomic E-state index is -0.331. The third kappa shape index (κ3) is 1.25. The first kappa shape index (κ1) is 7.50. The highest BCUT2D eigenvalue weighted by Crippen LogP contribution is 2.26. The Morgan fingerprint density at radius 3 is 2.58 bits per heavy atom. The second-order valence-corrected chi connectivity index (χ2v) is 3.01. The molecular formula is C10H10O2. The molecule has 2 rings (SSSR count). The molecule has 12 heavy (non-hydrogen) atoms. The molecule has 0 bridgehead atoms. The Bertz CT molecular complexity index is 268. The standard InChI is InChI=1S/C10H10O2/c11-9-3-6-10(7-4-9)5-1-2-8-12-10/h1-4,6-7H,5,8H2. The van der Waals surface area contributed by atoms with Crippen molar-refractivity contribution in [2.45, 2.75) is 12.0 Å². The van der Waals surface area contributed by atoms with Gasteiger partial charge in [-0.25, -0.2) is 0 Å². The van der Waals surface area contributed by atoms with Gasteiger partial charge in [-0.1, -0.05) is 12.2 Å². The molecule has 2 heteroatoms. The molecule has 1 aliphatic carbocycles. The number of ether oxygens (including phenoxy) is 1. The first-order valence-electron chi connectivity index (χ1n) is 4.02. The summed E-state index contributed by atoms with van der Waals surface area (Å²) in [6.07, 6.45) is 11.7. The Balaban J connectivity index is 2.23. The fraction of sp³-hybridized carbons (Fsp3) is 0.300. The zero-order valence-corrected chi connectivity index (χ0v) is 6.69. The van der Waals surface area contributed by atoms with Crippen molar-refractivity contribution >= 4 is 5.78 Å². The van der Waals surface area contributed by atoms with E-state index in [-0.39, 0.29) is 11.4 Å². The number of carbonyl (C=O) groups excluding carboxylic acids is 1. The fourth-order valence-electron chi connectivity index (χ4n) is 1.39. The van der Waals surface area contributed by atoms with E-state index in [1.807, 2.05) is 18.2 Å². The molecule has 0 radical (unpaired) electrons. The van der Waals surface area contributed by atoms with Crippen molar-refractivity contribution in [3.63, 3.8) is 0 Å². The molecular weight excluding hydrogens is 152 g/mol. The van der Waals surface area contributed by atoms with Crippen molar-refractivity contribution in [2.75, 3.05) is 6.61 Å². The Labute approximate surface area is 71.2 Å². The van der Waals surface area contributed by atoms with E-state index in [1.54, 1.807) is 12.2 Å². The third-order valence-corrected chi connectivity index (χ3v) is 2.11. The van der Waals surface area contributed by atoms with Crippen LogP contribution in [0.25, 0.3) is 0 Å². The monoisotopic (exact) mass is 162 g/mol. The van der Waals surface area contributed by atoms with Crippen LogP contribution in [0.4, 0.5) is 0 Å². The van der Waals surface area contributed by atoms with E-state index >= 15 is 0 Å². The highest BCUT2D eigenvalue weighted by molar-refractivity contribution is 6.00. The average molecular weight is 162 g/mol. The highest BCUT2D eigenvalue weighted by atomic mass is 16.5. The first-order valence-corrected chi connectivity index (χ1v) is 4.02. The van der Waals surface area contributed by atoms with Crippen molar-refractivity contribution in [3.8, 4) is 0 Å². The van der Waals surface area contributed by atoms with Gasteiger partial charge in [0.1, 0.15) is 5.60 Å². The number of hydrogen-bond acceptors (Lipinski definition) is 2. The molecule has 0 aromatic carbocycles. The smallest absolute Gasteiger partial charge is 0.178 e. The van der Waals surface area contributed by atoms with Crippen LogP contribution in [-0.2, 0) is 9.53 Å². The minimum Gasteiger partial charge on any atom is -0.362 e. The summed E-state index contributed by atoms with van der Waals surface area (Å²) in [5, 5.41) is 0.